The third kappa shape index (κ3) is 4.29. The first kappa shape index (κ1) is 23.4. The molecular formula is C30H35N3O2. The highest BCUT2D eigenvalue weighted by atomic mass is 16.5. The molecule has 5 nitrogen and oxygen atoms in total. The lowest BCUT2D eigenvalue weighted by Gasteiger charge is -2.24. The Morgan fingerprint density at radius 2 is 1.83 bits per heavy atom. The van der Waals surface area contributed by atoms with Crippen molar-refractivity contribution in [2.24, 2.45) is 5.92 Å². The molecule has 1 aliphatic carbocycles. The predicted molar refractivity (Wildman–Crippen MR) is 142 cm³/mol. The van der Waals surface area contributed by atoms with Gasteiger partial charge in [-0.3, -0.25) is 4.98 Å². The van der Waals surface area contributed by atoms with Gasteiger partial charge in [0.1, 0.15) is 5.76 Å². The molecule has 0 unspecified atom stereocenters. The Labute approximate surface area is 207 Å². The Kier molecular flexibility index (Phi) is 6.04. The van der Waals surface area contributed by atoms with Gasteiger partial charge in [-0.1, -0.05) is 55.3 Å². The molecule has 0 saturated heterocycles. The standard InChI is InChI=1S/C30H35N3O2/c1-19-28(20(2)35-32-19)24-15-27-29(31-16-24)26(18-33(27)17-22-9-7-6-8-10-22)23-11-13-25(14-12-23)30(4,5)21(3)34/h11-16,18,22,34H,3,6-10,17H2,1-2,4-5H3. The number of allylic oxidation sites excluding steroid dienone is 1. The summed E-state index contributed by atoms with van der Waals surface area (Å²) >= 11 is 0. The number of nitrogens with zero attached hydrogens (tertiary/aromatic N) is 3. The molecule has 1 saturated carbocycles. The third-order valence-electron chi connectivity index (χ3n) is 7.86. The molecule has 3 aromatic heterocycles. The van der Waals surface area contributed by atoms with Gasteiger partial charge in [0.15, 0.2) is 0 Å². The molecule has 35 heavy (non-hydrogen) atoms. The zero-order valence-electron chi connectivity index (χ0n) is 21.3. The Bertz CT molecular complexity index is 1350. The van der Waals surface area contributed by atoms with Crippen LogP contribution in [0.4, 0.5) is 0 Å². The van der Waals surface area contributed by atoms with Crippen molar-refractivity contribution < 1.29 is 9.63 Å². The van der Waals surface area contributed by atoms with Crippen molar-refractivity contribution in [2.45, 2.75) is 71.8 Å². The van der Waals surface area contributed by atoms with E-state index in [4.69, 9.17) is 9.51 Å². The van der Waals surface area contributed by atoms with Crippen molar-refractivity contribution in [2.75, 3.05) is 0 Å². The minimum atomic E-state index is -0.491. The summed E-state index contributed by atoms with van der Waals surface area (Å²) in [5.41, 5.74) is 7.92. The van der Waals surface area contributed by atoms with E-state index in [0.717, 1.165) is 56.8 Å². The van der Waals surface area contributed by atoms with E-state index in [1.165, 1.54) is 32.1 Å². The number of pyridine rings is 1. The molecule has 0 radical (unpaired) electrons. The normalized spacial score (nSPS) is 15.1. The van der Waals surface area contributed by atoms with E-state index >= 15 is 0 Å². The lowest BCUT2D eigenvalue weighted by atomic mass is 9.82. The SMILES string of the molecule is C=C(O)C(C)(C)c1ccc(-c2cn(CC3CCCCC3)c3cc(-c4c(C)noc4C)cnc23)cc1. The summed E-state index contributed by atoms with van der Waals surface area (Å²) in [5, 5.41) is 14.2. The average molecular weight is 470 g/mol. The first-order valence-corrected chi connectivity index (χ1v) is 12.7. The maximum absolute atomic E-state index is 10.0. The molecule has 1 aliphatic rings. The smallest absolute Gasteiger partial charge is 0.141 e. The van der Waals surface area contributed by atoms with Gasteiger partial charge < -0.3 is 14.2 Å². The largest absolute Gasteiger partial charge is 0.512 e. The van der Waals surface area contributed by atoms with Crippen LogP contribution < -0.4 is 0 Å². The van der Waals surface area contributed by atoms with Crippen molar-refractivity contribution in [3.8, 4) is 22.3 Å². The number of aliphatic hydroxyl groups is 1. The average Bonchev–Trinajstić information content (AvgIpc) is 3.38. The van der Waals surface area contributed by atoms with Gasteiger partial charge in [0.05, 0.1) is 22.5 Å². The minimum Gasteiger partial charge on any atom is -0.512 e. The number of aryl methyl sites for hydroxylation is 2. The molecule has 5 rings (SSSR count). The van der Waals surface area contributed by atoms with Gasteiger partial charge >= 0.3 is 0 Å². The van der Waals surface area contributed by atoms with Gasteiger partial charge in [-0.2, -0.15) is 0 Å². The third-order valence-corrected chi connectivity index (χ3v) is 7.86. The number of benzene rings is 1. The molecule has 0 spiro atoms. The van der Waals surface area contributed by atoms with E-state index in [2.05, 4.69) is 52.8 Å². The zero-order valence-corrected chi connectivity index (χ0v) is 21.3. The summed E-state index contributed by atoms with van der Waals surface area (Å²) in [6.45, 7) is 12.7. The summed E-state index contributed by atoms with van der Waals surface area (Å²) in [6, 6.07) is 10.7. The van der Waals surface area contributed by atoms with Crippen molar-refractivity contribution >= 4 is 11.0 Å². The van der Waals surface area contributed by atoms with Crippen LogP contribution in [0.5, 0.6) is 0 Å². The van der Waals surface area contributed by atoms with Crippen molar-refractivity contribution in [3.05, 3.63) is 72.1 Å². The van der Waals surface area contributed by atoms with Crippen LogP contribution in [0.3, 0.4) is 0 Å². The van der Waals surface area contributed by atoms with E-state index in [0.29, 0.717) is 5.92 Å². The van der Waals surface area contributed by atoms with Gasteiger partial charge in [0.2, 0.25) is 0 Å². The van der Waals surface area contributed by atoms with Crippen LogP contribution >= 0.6 is 0 Å². The molecule has 1 fully saturated rings. The van der Waals surface area contributed by atoms with E-state index in [1.54, 1.807) is 0 Å². The Hall–Kier alpha value is -3.34. The second-order valence-corrected chi connectivity index (χ2v) is 10.6. The van der Waals surface area contributed by atoms with E-state index in [9.17, 15) is 5.11 Å². The van der Waals surface area contributed by atoms with Gasteiger partial charge in [0, 0.05) is 41.0 Å². The molecule has 0 bridgehead atoms. The van der Waals surface area contributed by atoms with Gasteiger partial charge in [0.25, 0.3) is 0 Å². The van der Waals surface area contributed by atoms with Crippen LogP contribution in [0.25, 0.3) is 33.3 Å². The van der Waals surface area contributed by atoms with Crippen molar-refractivity contribution in [1.29, 1.82) is 0 Å². The highest BCUT2D eigenvalue weighted by Crippen LogP contribution is 2.37. The fraction of sp³-hybridized carbons (Fsp3) is 0.400. The summed E-state index contributed by atoms with van der Waals surface area (Å²) < 4.78 is 7.84. The van der Waals surface area contributed by atoms with Gasteiger partial charge in [-0.25, -0.2) is 0 Å². The second-order valence-electron chi connectivity index (χ2n) is 10.6. The number of hydrogen-bond acceptors (Lipinski definition) is 4. The lowest BCUT2D eigenvalue weighted by molar-refractivity contribution is 0.323. The molecule has 1 N–H and O–H groups in total. The maximum Gasteiger partial charge on any atom is 0.141 e. The topological polar surface area (TPSA) is 64.1 Å². The summed E-state index contributed by atoms with van der Waals surface area (Å²) in [7, 11) is 0. The van der Waals surface area contributed by atoms with E-state index < -0.39 is 5.41 Å². The highest BCUT2D eigenvalue weighted by Gasteiger charge is 2.25. The Morgan fingerprint density at radius 1 is 1.11 bits per heavy atom. The number of aliphatic hydroxyl groups excluding tert-OH is 1. The first-order chi connectivity index (χ1) is 16.8. The number of rotatable bonds is 6. The van der Waals surface area contributed by atoms with Crippen molar-refractivity contribution in [1.82, 2.24) is 14.7 Å². The Morgan fingerprint density at radius 3 is 2.46 bits per heavy atom. The summed E-state index contributed by atoms with van der Waals surface area (Å²) in [6.07, 6.45) is 10.8. The molecule has 5 heteroatoms. The fourth-order valence-electron chi connectivity index (χ4n) is 5.44. The summed E-state index contributed by atoms with van der Waals surface area (Å²) in [5.74, 6) is 1.69. The zero-order chi connectivity index (χ0) is 24.7. The van der Waals surface area contributed by atoms with Crippen LogP contribution in [0, 0.1) is 19.8 Å². The van der Waals surface area contributed by atoms with Gasteiger partial charge in [-0.15, -0.1) is 0 Å². The minimum absolute atomic E-state index is 0.169. The summed E-state index contributed by atoms with van der Waals surface area (Å²) in [4.78, 5) is 4.96. The fourth-order valence-corrected chi connectivity index (χ4v) is 5.44. The molecule has 182 valence electrons. The first-order valence-electron chi connectivity index (χ1n) is 12.7. The molecule has 4 aromatic rings. The highest BCUT2D eigenvalue weighted by molar-refractivity contribution is 5.95. The molecular weight excluding hydrogens is 434 g/mol. The molecule has 0 aliphatic heterocycles. The van der Waals surface area contributed by atoms with Crippen LogP contribution in [-0.2, 0) is 12.0 Å². The quantitative estimate of drug-likeness (QED) is 0.291. The number of aromatic nitrogens is 3. The monoisotopic (exact) mass is 469 g/mol. The Balaban J connectivity index is 1.60. The van der Waals surface area contributed by atoms with E-state index in [-0.39, 0.29) is 5.76 Å². The van der Waals surface area contributed by atoms with Gasteiger partial charge in [-0.05, 0) is 63.6 Å². The molecule has 0 atom stereocenters. The van der Waals surface area contributed by atoms with Crippen LogP contribution in [-0.4, -0.2) is 19.8 Å². The van der Waals surface area contributed by atoms with E-state index in [1.807, 2.05) is 33.9 Å². The molecule has 0 amide bonds. The lowest BCUT2D eigenvalue weighted by Crippen LogP contribution is -2.19. The van der Waals surface area contributed by atoms with Crippen molar-refractivity contribution in [3.63, 3.8) is 0 Å². The molecule has 3 heterocycles. The van der Waals surface area contributed by atoms with Crippen LogP contribution in [0.2, 0.25) is 0 Å². The van der Waals surface area contributed by atoms with Crippen LogP contribution in [0.15, 0.2) is 59.6 Å². The second kappa shape index (κ2) is 9.03. The number of hydrogen-bond donors (Lipinski definition) is 1. The predicted octanol–water partition coefficient (Wildman–Crippen LogP) is 7.90. The number of fused-ring (bicyclic) bond motifs is 1. The van der Waals surface area contributed by atoms with Crippen LogP contribution in [0.1, 0.15) is 63.0 Å². The maximum atomic E-state index is 10.0. The molecule has 1 aromatic carbocycles.